The number of halogens is 2. The second-order valence-electron chi connectivity index (χ2n) is 5.15. The van der Waals surface area contributed by atoms with Crippen molar-refractivity contribution >= 4 is 29.1 Å². The average molecular weight is 331 g/mol. The lowest BCUT2D eigenvalue weighted by molar-refractivity contribution is -0.133. The molecule has 1 aliphatic rings. The molecule has 0 aromatic heterocycles. The second-order valence-corrected chi connectivity index (χ2v) is 5.97. The number of hydrogen-bond donors (Lipinski definition) is 1. The van der Waals surface area contributed by atoms with Crippen LogP contribution >= 0.6 is 23.2 Å². The number of likely N-dealkylation sites (tertiary alicyclic amines) is 1. The Morgan fingerprint density at radius 2 is 2.24 bits per heavy atom. The quantitative estimate of drug-likeness (QED) is 0.902. The summed E-state index contributed by atoms with van der Waals surface area (Å²) in [4.78, 5) is 13.9. The first-order chi connectivity index (χ1) is 10.1. The summed E-state index contributed by atoms with van der Waals surface area (Å²) in [6.45, 7) is 2.14. The molecular formula is C15H20Cl2N2O2. The van der Waals surface area contributed by atoms with Crippen molar-refractivity contribution in [1.82, 2.24) is 10.2 Å². The Kier molecular flexibility index (Phi) is 6.15. The van der Waals surface area contributed by atoms with Crippen LogP contribution in [0.1, 0.15) is 19.3 Å². The highest BCUT2D eigenvalue weighted by atomic mass is 35.5. The van der Waals surface area contributed by atoms with Gasteiger partial charge in [-0.3, -0.25) is 4.79 Å². The SMILES string of the molecule is CNCCC(=O)N1CCCC(Oc2ccc(Cl)c(Cl)c2)C1. The largest absolute Gasteiger partial charge is 0.489 e. The summed E-state index contributed by atoms with van der Waals surface area (Å²) in [7, 11) is 1.85. The fourth-order valence-corrected chi connectivity index (χ4v) is 2.68. The molecule has 1 unspecified atom stereocenters. The van der Waals surface area contributed by atoms with E-state index in [0.29, 0.717) is 35.3 Å². The third kappa shape index (κ3) is 4.77. The van der Waals surface area contributed by atoms with Crippen LogP contribution in [-0.4, -0.2) is 43.6 Å². The van der Waals surface area contributed by atoms with Gasteiger partial charge in [0.05, 0.1) is 16.6 Å². The molecule has 1 aliphatic heterocycles. The number of ether oxygens (including phenoxy) is 1. The van der Waals surface area contributed by atoms with E-state index in [2.05, 4.69) is 5.32 Å². The predicted octanol–water partition coefficient (Wildman–Crippen LogP) is 2.97. The molecule has 1 N–H and O–H groups in total. The van der Waals surface area contributed by atoms with Crippen LogP contribution in [0.25, 0.3) is 0 Å². The predicted molar refractivity (Wildman–Crippen MR) is 85.2 cm³/mol. The van der Waals surface area contributed by atoms with E-state index in [1.54, 1.807) is 18.2 Å². The van der Waals surface area contributed by atoms with Gasteiger partial charge >= 0.3 is 0 Å². The highest BCUT2D eigenvalue weighted by Crippen LogP contribution is 2.28. The monoisotopic (exact) mass is 330 g/mol. The van der Waals surface area contributed by atoms with Crippen LogP contribution in [0, 0.1) is 0 Å². The van der Waals surface area contributed by atoms with Gasteiger partial charge in [0.2, 0.25) is 5.91 Å². The van der Waals surface area contributed by atoms with Gasteiger partial charge in [-0.25, -0.2) is 0 Å². The van der Waals surface area contributed by atoms with Crippen molar-refractivity contribution in [2.45, 2.75) is 25.4 Å². The maximum absolute atomic E-state index is 12.0. The summed E-state index contributed by atoms with van der Waals surface area (Å²) >= 11 is 11.9. The van der Waals surface area contributed by atoms with Gasteiger partial charge in [0, 0.05) is 25.6 Å². The Balaban J connectivity index is 1.91. The highest BCUT2D eigenvalue weighted by Gasteiger charge is 2.24. The molecule has 0 radical (unpaired) electrons. The van der Waals surface area contributed by atoms with Gasteiger partial charge < -0.3 is 15.0 Å². The maximum Gasteiger partial charge on any atom is 0.223 e. The van der Waals surface area contributed by atoms with E-state index < -0.39 is 0 Å². The van der Waals surface area contributed by atoms with E-state index in [4.69, 9.17) is 27.9 Å². The normalized spacial score (nSPS) is 18.6. The van der Waals surface area contributed by atoms with Gasteiger partial charge in [-0.2, -0.15) is 0 Å². The number of piperidine rings is 1. The fourth-order valence-electron chi connectivity index (χ4n) is 2.39. The summed E-state index contributed by atoms with van der Waals surface area (Å²) in [6, 6.07) is 5.24. The van der Waals surface area contributed by atoms with Crippen LogP contribution in [0.3, 0.4) is 0 Å². The molecule has 0 aliphatic carbocycles. The van der Waals surface area contributed by atoms with Gasteiger partial charge in [-0.1, -0.05) is 23.2 Å². The first-order valence-electron chi connectivity index (χ1n) is 7.14. The van der Waals surface area contributed by atoms with Crippen LogP contribution in [0.2, 0.25) is 10.0 Å². The molecule has 6 heteroatoms. The van der Waals surface area contributed by atoms with Crippen molar-refractivity contribution in [3.8, 4) is 5.75 Å². The zero-order valence-corrected chi connectivity index (χ0v) is 13.6. The van der Waals surface area contributed by atoms with E-state index in [1.807, 2.05) is 11.9 Å². The number of hydrogen-bond acceptors (Lipinski definition) is 3. The van der Waals surface area contributed by atoms with Crippen molar-refractivity contribution in [2.24, 2.45) is 0 Å². The average Bonchev–Trinajstić information content (AvgIpc) is 2.49. The van der Waals surface area contributed by atoms with Gasteiger partial charge in [0.1, 0.15) is 11.9 Å². The minimum Gasteiger partial charge on any atom is -0.489 e. The summed E-state index contributed by atoms with van der Waals surface area (Å²) in [6.07, 6.45) is 2.43. The smallest absolute Gasteiger partial charge is 0.223 e. The van der Waals surface area contributed by atoms with Crippen LogP contribution in [-0.2, 0) is 4.79 Å². The van der Waals surface area contributed by atoms with E-state index in [9.17, 15) is 4.79 Å². The number of benzene rings is 1. The van der Waals surface area contributed by atoms with Crippen molar-refractivity contribution < 1.29 is 9.53 Å². The minimum absolute atomic E-state index is 0.00882. The molecule has 0 spiro atoms. The van der Waals surface area contributed by atoms with Crippen LogP contribution in [0.4, 0.5) is 0 Å². The molecule has 2 rings (SSSR count). The topological polar surface area (TPSA) is 41.6 Å². The Labute approximate surface area is 135 Å². The molecule has 1 heterocycles. The molecule has 116 valence electrons. The lowest BCUT2D eigenvalue weighted by Gasteiger charge is -2.33. The molecule has 1 fully saturated rings. The van der Waals surface area contributed by atoms with E-state index in [-0.39, 0.29) is 12.0 Å². The third-order valence-electron chi connectivity index (χ3n) is 3.51. The summed E-state index contributed by atoms with van der Waals surface area (Å²) < 4.78 is 5.92. The lowest BCUT2D eigenvalue weighted by Crippen LogP contribution is -2.44. The molecular weight excluding hydrogens is 311 g/mol. The van der Waals surface area contributed by atoms with Gasteiger partial charge in [0.25, 0.3) is 0 Å². The number of carbonyl (C=O) groups is 1. The molecule has 1 saturated heterocycles. The minimum atomic E-state index is 0.00882. The van der Waals surface area contributed by atoms with E-state index in [0.717, 1.165) is 19.4 Å². The highest BCUT2D eigenvalue weighted by molar-refractivity contribution is 6.42. The van der Waals surface area contributed by atoms with Crippen molar-refractivity contribution in [3.63, 3.8) is 0 Å². The summed E-state index contributed by atoms with van der Waals surface area (Å²) in [5.41, 5.74) is 0. The number of rotatable bonds is 5. The fraction of sp³-hybridized carbons (Fsp3) is 0.533. The van der Waals surface area contributed by atoms with E-state index >= 15 is 0 Å². The van der Waals surface area contributed by atoms with Gasteiger partial charge in [-0.15, -0.1) is 0 Å². The molecule has 1 aromatic rings. The molecule has 21 heavy (non-hydrogen) atoms. The zero-order valence-electron chi connectivity index (χ0n) is 12.1. The molecule has 4 nitrogen and oxygen atoms in total. The summed E-state index contributed by atoms with van der Waals surface area (Å²) in [5, 5.41) is 3.98. The maximum atomic E-state index is 12.0. The van der Waals surface area contributed by atoms with Crippen LogP contribution in [0.15, 0.2) is 18.2 Å². The number of amides is 1. The van der Waals surface area contributed by atoms with Crippen molar-refractivity contribution in [3.05, 3.63) is 28.2 Å². The number of carbonyl (C=O) groups excluding carboxylic acids is 1. The Morgan fingerprint density at radius 3 is 2.95 bits per heavy atom. The first-order valence-corrected chi connectivity index (χ1v) is 7.90. The first kappa shape index (κ1) is 16.4. The van der Waals surface area contributed by atoms with Crippen molar-refractivity contribution in [1.29, 1.82) is 0 Å². The Bertz CT molecular complexity index is 497. The number of nitrogens with one attached hydrogen (secondary N) is 1. The molecule has 0 saturated carbocycles. The van der Waals surface area contributed by atoms with Crippen molar-refractivity contribution in [2.75, 3.05) is 26.7 Å². The second kappa shape index (κ2) is 7.87. The Morgan fingerprint density at radius 1 is 1.43 bits per heavy atom. The van der Waals surface area contributed by atoms with Gasteiger partial charge in [0.15, 0.2) is 0 Å². The summed E-state index contributed by atoms with van der Waals surface area (Å²) in [5.74, 6) is 0.866. The van der Waals surface area contributed by atoms with Crippen LogP contribution in [0.5, 0.6) is 5.75 Å². The molecule has 1 aromatic carbocycles. The number of nitrogens with zero attached hydrogens (tertiary/aromatic N) is 1. The third-order valence-corrected chi connectivity index (χ3v) is 4.25. The standard InChI is InChI=1S/C15H20Cl2N2O2/c1-18-7-6-15(20)19-8-2-3-12(10-19)21-11-4-5-13(16)14(17)9-11/h4-5,9,12,18H,2-3,6-8,10H2,1H3. The Hall–Kier alpha value is -0.970. The molecule has 1 atom stereocenters. The molecule has 1 amide bonds. The van der Waals surface area contributed by atoms with Gasteiger partial charge in [-0.05, 0) is 32.0 Å². The van der Waals surface area contributed by atoms with E-state index in [1.165, 1.54) is 0 Å². The molecule has 0 bridgehead atoms. The lowest BCUT2D eigenvalue weighted by atomic mass is 10.1. The van der Waals surface area contributed by atoms with Crippen LogP contribution < -0.4 is 10.1 Å². The zero-order chi connectivity index (χ0) is 15.2.